The summed E-state index contributed by atoms with van der Waals surface area (Å²) in [5.41, 5.74) is 6.19. The second-order valence-corrected chi connectivity index (χ2v) is 5.55. The Morgan fingerprint density at radius 1 is 1.44 bits per heavy atom. The van der Waals surface area contributed by atoms with Gasteiger partial charge in [0.1, 0.15) is 0 Å². The summed E-state index contributed by atoms with van der Waals surface area (Å²) in [7, 11) is 0. The highest BCUT2D eigenvalue weighted by Gasteiger charge is 2.26. The van der Waals surface area contributed by atoms with E-state index >= 15 is 0 Å². The normalized spacial score (nSPS) is 29.6. The van der Waals surface area contributed by atoms with Crippen molar-refractivity contribution in [1.82, 2.24) is 4.90 Å². The van der Waals surface area contributed by atoms with E-state index in [1.165, 1.54) is 0 Å². The standard InChI is InChI=1S/C13H28N2O/c1-5-13-9-16-11(4)7-15(13)8-12(14)6-10(2)3/h10-13H,5-9,14H2,1-4H3. The molecule has 1 aliphatic heterocycles. The number of hydrogen-bond donors (Lipinski definition) is 1. The molecule has 1 fully saturated rings. The monoisotopic (exact) mass is 228 g/mol. The molecule has 16 heavy (non-hydrogen) atoms. The molecular weight excluding hydrogens is 200 g/mol. The number of nitrogens with zero attached hydrogens (tertiary/aromatic N) is 1. The molecule has 0 amide bonds. The third-order valence-corrected chi connectivity index (χ3v) is 3.30. The molecule has 0 aromatic rings. The molecule has 0 spiro atoms. The second-order valence-electron chi connectivity index (χ2n) is 5.55. The number of rotatable bonds is 5. The van der Waals surface area contributed by atoms with E-state index in [2.05, 4.69) is 32.6 Å². The molecule has 0 saturated carbocycles. The van der Waals surface area contributed by atoms with Crippen molar-refractivity contribution >= 4 is 0 Å². The minimum atomic E-state index is 0.305. The summed E-state index contributed by atoms with van der Waals surface area (Å²) in [5, 5.41) is 0. The van der Waals surface area contributed by atoms with Crippen molar-refractivity contribution in [3.05, 3.63) is 0 Å². The molecule has 0 bridgehead atoms. The highest BCUT2D eigenvalue weighted by Crippen LogP contribution is 2.15. The van der Waals surface area contributed by atoms with Gasteiger partial charge in [-0.3, -0.25) is 4.90 Å². The van der Waals surface area contributed by atoms with Gasteiger partial charge in [0, 0.05) is 25.2 Å². The van der Waals surface area contributed by atoms with Crippen LogP contribution in [0.4, 0.5) is 0 Å². The first kappa shape index (κ1) is 13.9. The minimum absolute atomic E-state index is 0.305. The molecule has 0 aromatic carbocycles. The fraction of sp³-hybridized carbons (Fsp3) is 1.00. The predicted octanol–water partition coefficient (Wildman–Crippen LogP) is 1.86. The summed E-state index contributed by atoms with van der Waals surface area (Å²) >= 11 is 0. The lowest BCUT2D eigenvalue weighted by Crippen LogP contribution is -2.52. The summed E-state index contributed by atoms with van der Waals surface area (Å²) in [6, 6.07) is 0.869. The summed E-state index contributed by atoms with van der Waals surface area (Å²) in [6.45, 7) is 11.8. The zero-order valence-corrected chi connectivity index (χ0v) is 11.3. The molecular formula is C13H28N2O. The van der Waals surface area contributed by atoms with Crippen molar-refractivity contribution in [2.45, 2.75) is 58.7 Å². The van der Waals surface area contributed by atoms with Gasteiger partial charge in [-0.25, -0.2) is 0 Å². The van der Waals surface area contributed by atoms with E-state index in [1.54, 1.807) is 0 Å². The quantitative estimate of drug-likeness (QED) is 0.780. The van der Waals surface area contributed by atoms with Crippen molar-refractivity contribution in [3.63, 3.8) is 0 Å². The van der Waals surface area contributed by atoms with Crippen molar-refractivity contribution in [1.29, 1.82) is 0 Å². The molecule has 3 nitrogen and oxygen atoms in total. The number of nitrogens with two attached hydrogens (primary N) is 1. The molecule has 3 heteroatoms. The molecule has 1 aliphatic rings. The van der Waals surface area contributed by atoms with Gasteiger partial charge < -0.3 is 10.5 Å². The Labute approximate surface area is 100 Å². The Morgan fingerprint density at radius 3 is 2.69 bits per heavy atom. The molecule has 3 unspecified atom stereocenters. The van der Waals surface area contributed by atoms with Crippen LogP contribution in [-0.4, -0.2) is 42.8 Å². The van der Waals surface area contributed by atoms with Crippen molar-refractivity contribution in [3.8, 4) is 0 Å². The molecule has 1 rings (SSSR count). The average molecular weight is 228 g/mol. The summed E-state index contributed by atoms with van der Waals surface area (Å²) in [5.74, 6) is 0.688. The van der Waals surface area contributed by atoms with Crippen LogP contribution in [-0.2, 0) is 4.74 Å². The van der Waals surface area contributed by atoms with E-state index in [0.29, 0.717) is 24.1 Å². The van der Waals surface area contributed by atoms with Gasteiger partial charge in [0.15, 0.2) is 0 Å². The highest BCUT2D eigenvalue weighted by atomic mass is 16.5. The molecule has 1 heterocycles. The lowest BCUT2D eigenvalue weighted by molar-refractivity contribution is -0.0578. The summed E-state index contributed by atoms with van der Waals surface area (Å²) in [6.07, 6.45) is 2.62. The minimum Gasteiger partial charge on any atom is -0.376 e. The van der Waals surface area contributed by atoms with Crippen molar-refractivity contribution in [2.75, 3.05) is 19.7 Å². The van der Waals surface area contributed by atoms with Crippen LogP contribution in [0.2, 0.25) is 0 Å². The first-order valence-corrected chi connectivity index (χ1v) is 6.64. The third-order valence-electron chi connectivity index (χ3n) is 3.30. The Balaban J connectivity index is 2.42. The maximum Gasteiger partial charge on any atom is 0.0674 e. The van der Waals surface area contributed by atoms with E-state index in [4.69, 9.17) is 10.5 Å². The molecule has 96 valence electrons. The third kappa shape index (κ3) is 4.40. The largest absolute Gasteiger partial charge is 0.376 e. The summed E-state index contributed by atoms with van der Waals surface area (Å²) in [4.78, 5) is 2.52. The van der Waals surface area contributed by atoms with Gasteiger partial charge in [0.2, 0.25) is 0 Å². The van der Waals surface area contributed by atoms with Crippen LogP contribution < -0.4 is 5.73 Å². The lowest BCUT2D eigenvalue weighted by atomic mass is 10.0. The van der Waals surface area contributed by atoms with Gasteiger partial charge in [0.05, 0.1) is 12.7 Å². The van der Waals surface area contributed by atoms with Crippen molar-refractivity contribution < 1.29 is 4.74 Å². The van der Waals surface area contributed by atoms with Crippen molar-refractivity contribution in [2.24, 2.45) is 11.7 Å². The first-order valence-electron chi connectivity index (χ1n) is 6.64. The Morgan fingerprint density at radius 2 is 2.12 bits per heavy atom. The Bertz CT molecular complexity index is 196. The van der Waals surface area contributed by atoms with Crippen LogP contribution in [0.5, 0.6) is 0 Å². The van der Waals surface area contributed by atoms with E-state index in [0.717, 1.165) is 32.5 Å². The molecule has 0 radical (unpaired) electrons. The van der Waals surface area contributed by atoms with Crippen LogP contribution in [0.15, 0.2) is 0 Å². The Hall–Kier alpha value is -0.120. The van der Waals surface area contributed by atoms with Gasteiger partial charge in [-0.1, -0.05) is 20.8 Å². The molecule has 2 N–H and O–H groups in total. The van der Waals surface area contributed by atoms with Crippen LogP contribution in [0.25, 0.3) is 0 Å². The van der Waals surface area contributed by atoms with Gasteiger partial charge in [0.25, 0.3) is 0 Å². The zero-order chi connectivity index (χ0) is 12.1. The SMILES string of the molecule is CCC1COC(C)CN1CC(N)CC(C)C. The van der Waals surface area contributed by atoms with Crippen LogP contribution in [0.1, 0.15) is 40.5 Å². The fourth-order valence-electron chi connectivity index (χ4n) is 2.49. The summed E-state index contributed by atoms with van der Waals surface area (Å²) < 4.78 is 5.69. The fourth-order valence-corrected chi connectivity index (χ4v) is 2.49. The average Bonchev–Trinajstić information content (AvgIpc) is 2.16. The smallest absolute Gasteiger partial charge is 0.0674 e. The second kappa shape index (κ2) is 6.58. The van der Waals surface area contributed by atoms with Gasteiger partial charge in [-0.05, 0) is 25.7 Å². The maximum atomic E-state index is 6.19. The molecule has 1 saturated heterocycles. The maximum absolute atomic E-state index is 6.19. The molecule has 0 aliphatic carbocycles. The van der Waals surface area contributed by atoms with E-state index in [1.807, 2.05) is 0 Å². The topological polar surface area (TPSA) is 38.5 Å². The molecule has 0 aromatic heterocycles. The number of ether oxygens (including phenoxy) is 1. The van der Waals surface area contributed by atoms with Crippen LogP contribution in [0, 0.1) is 5.92 Å². The predicted molar refractivity (Wildman–Crippen MR) is 68.5 cm³/mol. The zero-order valence-electron chi connectivity index (χ0n) is 11.3. The van der Waals surface area contributed by atoms with Gasteiger partial charge in [-0.15, -0.1) is 0 Å². The van der Waals surface area contributed by atoms with E-state index < -0.39 is 0 Å². The van der Waals surface area contributed by atoms with Crippen LogP contribution in [0.3, 0.4) is 0 Å². The highest BCUT2D eigenvalue weighted by molar-refractivity contribution is 4.81. The number of morpholine rings is 1. The lowest BCUT2D eigenvalue weighted by Gasteiger charge is -2.39. The number of hydrogen-bond acceptors (Lipinski definition) is 3. The Kier molecular flexibility index (Phi) is 5.73. The van der Waals surface area contributed by atoms with Gasteiger partial charge >= 0.3 is 0 Å². The van der Waals surface area contributed by atoms with E-state index in [9.17, 15) is 0 Å². The first-order chi connectivity index (χ1) is 7.52. The van der Waals surface area contributed by atoms with E-state index in [-0.39, 0.29) is 0 Å². The van der Waals surface area contributed by atoms with Crippen LogP contribution >= 0.6 is 0 Å². The van der Waals surface area contributed by atoms with Gasteiger partial charge in [-0.2, -0.15) is 0 Å². The molecule has 3 atom stereocenters.